The summed E-state index contributed by atoms with van der Waals surface area (Å²) in [5.41, 5.74) is 4.16. The van der Waals surface area contributed by atoms with E-state index in [-0.39, 0.29) is 11.4 Å². The second kappa shape index (κ2) is 8.35. The number of fused-ring (bicyclic) bond motifs is 2. The highest BCUT2D eigenvalue weighted by Gasteiger charge is 2.24. The largest absolute Gasteiger partial charge is 0.463 e. The van der Waals surface area contributed by atoms with Crippen molar-refractivity contribution < 1.29 is 9.53 Å². The van der Waals surface area contributed by atoms with Crippen LogP contribution in [0.3, 0.4) is 0 Å². The Morgan fingerprint density at radius 3 is 2.69 bits per heavy atom. The van der Waals surface area contributed by atoms with Crippen molar-refractivity contribution in [3.63, 3.8) is 0 Å². The van der Waals surface area contributed by atoms with Gasteiger partial charge in [-0.2, -0.15) is 0 Å². The Labute approximate surface area is 154 Å². The molecule has 4 heteroatoms. The minimum absolute atomic E-state index is 0.0316. The minimum Gasteiger partial charge on any atom is -0.463 e. The van der Waals surface area contributed by atoms with Crippen molar-refractivity contribution in [2.45, 2.75) is 58.8 Å². The molecule has 0 bridgehead atoms. The number of unbranched alkanes of at least 4 members (excludes halogenated alkanes) is 1. The lowest BCUT2D eigenvalue weighted by molar-refractivity contribution is -0.138. The molecule has 26 heavy (non-hydrogen) atoms. The number of aromatic nitrogens is 1. The van der Waals surface area contributed by atoms with E-state index >= 15 is 0 Å². The molecule has 0 saturated carbocycles. The highest BCUT2D eigenvalue weighted by Crippen LogP contribution is 2.32. The van der Waals surface area contributed by atoms with Gasteiger partial charge in [-0.1, -0.05) is 25.5 Å². The van der Waals surface area contributed by atoms with Gasteiger partial charge in [0.15, 0.2) is 5.43 Å². The number of carbonyl (C=O) groups excluding carboxylic acids is 1. The lowest BCUT2D eigenvalue weighted by Crippen LogP contribution is -2.20. The second-order valence-corrected chi connectivity index (χ2v) is 6.84. The number of H-pyrrole nitrogens is 1. The van der Waals surface area contributed by atoms with Crippen LogP contribution in [-0.4, -0.2) is 17.6 Å². The number of pyridine rings is 1. The predicted octanol–water partition coefficient (Wildman–Crippen LogP) is 4.76. The molecule has 0 unspecified atom stereocenters. The van der Waals surface area contributed by atoms with Gasteiger partial charge in [0.25, 0.3) is 0 Å². The number of hydrogen-bond donors (Lipinski definition) is 1. The van der Waals surface area contributed by atoms with Gasteiger partial charge in [-0.25, -0.2) is 4.79 Å². The van der Waals surface area contributed by atoms with Crippen molar-refractivity contribution in [2.24, 2.45) is 0 Å². The van der Waals surface area contributed by atoms with Crippen molar-refractivity contribution in [3.05, 3.63) is 51.3 Å². The maximum absolute atomic E-state index is 13.3. The van der Waals surface area contributed by atoms with Crippen molar-refractivity contribution >= 4 is 22.4 Å². The first-order valence-corrected chi connectivity index (χ1v) is 9.70. The average Bonchev–Trinajstić information content (AvgIpc) is 2.63. The molecule has 1 aliphatic rings. The second-order valence-electron chi connectivity index (χ2n) is 6.84. The standard InChI is InChI=1S/C22H27NO3/c1-3-5-10-15-16(22(25)26-4-2)11-6-9-14-19-20(15)21(24)17-12-7-8-13-18(17)23-19/h7-8,12-13H,3-6,9-11,14H2,1-2H3,(H,23,24). The van der Waals surface area contributed by atoms with E-state index in [9.17, 15) is 9.59 Å². The summed E-state index contributed by atoms with van der Waals surface area (Å²) in [7, 11) is 0. The highest BCUT2D eigenvalue weighted by molar-refractivity contribution is 5.99. The lowest BCUT2D eigenvalue weighted by atomic mass is 9.86. The monoisotopic (exact) mass is 353 g/mol. The van der Waals surface area contributed by atoms with Gasteiger partial charge in [0, 0.05) is 27.7 Å². The number of aryl methyl sites for hydroxylation is 1. The fourth-order valence-electron chi connectivity index (χ4n) is 3.77. The molecule has 1 aromatic carbocycles. The quantitative estimate of drug-likeness (QED) is 0.788. The van der Waals surface area contributed by atoms with Gasteiger partial charge in [0.2, 0.25) is 0 Å². The number of aromatic amines is 1. The number of ether oxygens (including phenoxy) is 1. The molecule has 2 aromatic rings. The van der Waals surface area contributed by atoms with Crippen LogP contribution >= 0.6 is 0 Å². The molecule has 0 amide bonds. The summed E-state index contributed by atoms with van der Waals surface area (Å²) >= 11 is 0. The summed E-state index contributed by atoms with van der Waals surface area (Å²) in [4.78, 5) is 29.4. The van der Waals surface area contributed by atoms with E-state index in [0.717, 1.165) is 55.3 Å². The number of allylic oxidation sites excluding steroid dienone is 1. The first-order chi connectivity index (χ1) is 12.7. The fourth-order valence-corrected chi connectivity index (χ4v) is 3.77. The Hall–Kier alpha value is -2.36. The molecule has 0 radical (unpaired) electrons. The summed E-state index contributed by atoms with van der Waals surface area (Å²) < 4.78 is 5.32. The Morgan fingerprint density at radius 2 is 1.92 bits per heavy atom. The maximum atomic E-state index is 13.3. The lowest BCUT2D eigenvalue weighted by Gasteiger charge is -2.21. The maximum Gasteiger partial charge on any atom is 0.334 e. The molecule has 1 heterocycles. The third-order valence-electron chi connectivity index (χ3n) is 5.06. The summed E-state index contributed by atoms with van der Waals surface area (Å²) in [6.45, 7) is 4.30. The molecule has 3 rings (SSSR count). The molecule has 0 fully saturated rings. The van der Waals surface area contributed by atoms with Crippen molar-refractivity contribution in [3.8, 4) is 0 Å². The first kappa shape index (κ1) is 18.4. The molecule has 0 aliphatic heterocycles. The van der Waals surface area contributed by atoms with Gasteiger partial charge in [-0.05, 0) is 63.2 Å². The van der Waals surface area contributed by atoms with Gasteiger partial charge in [-0.15, -0.1) is 0 Å². The zero-order valence-corrected chi connectivity index (χ0v) is 15.7. The van der Waals surface area contributed by atoms with Crippen LogP contribution in [0.2, 0.25) is 0 Å². The zero-order valence-electron chi connectivity index (χ0n) is 15.7. The van der Waals surface area contributed by atoms with Crippen LogP contribution in [0.5, 0.6) is 0 Å². The van der Waals surface area contributed by atoms with Gasteiger partial charge >= 0.3 is 5.97 Å². The number of benzene rings is 1. The van der Waals surface area contributed by atoms with Crippen molar-refractivity contribution in [1.29, 1.82) is 0 Å². The number of hydrogen-bond acceptors (Lipinski definition) is 3. The zero-order chi connectivity index (χ0) is 18.5. The Kier molecular flexibility index (Phi) is 5.92. The molecule has 1 N–H and O–H groups in total. The van der Waals surface area contributed by atoms with E-state index in [0.29, 0.717) is 29.6 Å². The van der Waals surface area contributed by atoms with Crippen LogP contribution in [-0.2, 0) is 16.0 Å². The van der Waals surface area contributed by atoms with E-state index < -0.39 is 0 Å². The van der Waals surface area contributed by atoms with E-state index in [1.165, 1.54) is 0 Å². The number of esters is 1. The summed E-state index contributed by atoms with van der Waals surface area (Å²) in [6.07, 6.45) is 6.09. The van der Waals surface area contributed by atoms with Crippen LogP contribution in [0, 0.1) is 0 Å². The van der Waals surface area contributed by atoms with Crippen molar-refractivity contribution in [1.82, 2.24) is 4.98 Å². The predicted molar refractivity (Wildman–Crippen MR) is 105 cm³/mol. The van der Waals surface area contributed by atoms with Gasteiger partial charge in [0.05, 0.1) is 6.61 Å². The number of para-hydroxylation sites is 1. The van der Waals surface area contributed by atoms with Gasteiger partial charge in [-0.3, -0.25) is 4.79 Å². The summed E-state index contributed by atoms with van der Waals surface area (Å²) in [5, 5.41) is 0.684. The summed E-state index contributed by atoms with van der Waals surface area (Å²) in [5.74, 6) is -0.265. The third-order valence-corrected chi connectivity index (χ3v) is 5.06. The molecule has 0 spiro atoms. The van der Waals surface area contributed by atoms with E-state index in [2.05, 4.69) is 11.9 Å². The van der Waals surface area contributed by atoms with E-state index in [1.807, 2.05) is 31.2 Å². The normalized spacial score (nSPS) is 14.7. The molecular weight excluding hydrogens is 326 g/mol. The van der Waals surface area contributed by atoms with Crippen molar-refractivity contribution in [2.75, 3.05) is 6.61 Å². The van der Waals surface area contributed by atoms with Crippen LogP contribution in [0.25, 0.3) is 16.5 Å². The molecule has 1 aromatic heterocycles. The number of carbonyl (C=O) groups is 1. The van der Waals surface area contributed by atoms with Crippen LogP contribution in [0.1, 0.15) is 63.6 Å². The van der Waals surface area contributed by atoms with Crippen LogP contribution < -0.4 is 5.43 Å². The van der Waals surface area contributed by atoms with Crippen LogP contribution in [0.15, 0.2) is 34.6 Å². The minimum atomic E-state index is -0.265. The average molecular weight is 353 g/mol. The fraction of sp³-hybridized carbons (Fsp3) is 0.455. The SMILES string of the molecule is CCCCC1=C(C(=O)OCC)CCCCc2[nH]c3ccccc3c(=O)c21. The Bertz CT molecular complexity index is 892. The highest BCUT2D eigenvalue weighted by atomic mass is 16.5. The van der Waals surface area contributed by atoms with Gasteiger partial charge < -0.3 is 9.72 Å². The molecule has 0 saturated heterocycles. The topological polar surface area (TPSA) is 59.2 Å². The number of rotatable bonds is 5. The van der Waals surface area contributed by atoms with E-state index in [4.69, 9.17) is 4.74 Å². The first-order valence-electron chi connectivity index (χ1n) is 9.70. The summed E-state index contributed by atoms with van der Waals surface area (Å²) in [6, 6.07) is 7.62. The molecule has 1 aliphatic carbocycles. The number of nitrogens with one attached hydrogen (secondary N) is 1. The van der Waals surface area contributed by atoms with Crippen LogP contribution in [0.4, 0.5) is 0 Å². The molecular formula is C22H27NO3. The third kappa shape index (κ3) is 3.59. The molecule has 0 atom stereocenters. The Morgan fingerprint density at radius 1 is 1.15 bits per heavy atom. The smallest absolute Gasteiger partial charge is 0.334 e. The molecule has 138 valence electrons. The van der Waals surface area contributed by atoms with Gasteiger partial charge in [0.1, 0.15) is 0 Å². The van der Waals surface area contributed by atoms with E-state index in [1.54, 1.807) is 0 Å². The Balaban J connectivity index is 2.29. The molecule has 4 nitrogen and oxygen atoms in total.